The van der Waals surface area contributed by atoms with E-state index in [-0.39, 0.29) is 5.69 Å². The molecule has 0 spiro atoms. The van der Waals surface area contributed by atoms with Gasteiger partial charge in [-0.25, -0.2) is 8.78 Å². The Morgan fingerprint density at radius 3 is 2.81 bits per heavy atom. The first-order valence-electron chi connectivity index (χ1n) is 8.26. The Hall–Kier alpha value is -2.96. The normalized spacial score (nSPS) is 19.1. The van der Waals surface area contributed by atoms with Crippen molar-refractivity contribution >= 4 is 17.5 Å². The SMILES string of the molecule is CCOc1cccc([C@H]2CNC(=O)[C@@H]2C(=O)Nc2ccc(F)cc2F)c1. The first-order valence-corrected chi connectivity index (χ1v) is 8.26. The van der Waals surface area contributed by atoms with E-state index in [2.05, 4.69) is 10.6 Å². The van der Waals surface area contributed by atoms with E-state index >= 15 is 0 Å². The number of anilines is 1. The van der Waals surface area contributed by atoms with Gasteiger partial charge in [0.05, 0.1) is 12.3 Å². The van der Waals surface area contributed by atoms with Crippen LogP contribution in [0.1, 0.15) is 18.4 Å². The zero-order chi connectivity index (χ0) is 18.7. The Labute approximate surface area is 149 Å². The number of amides is 2. The molecule has 3 rings (SSSR count). The van der Waals surface area contributed by atoms with Gasteiger partial charge in [0.25, 0.3) is 0 Å². The van der Waals surface area contributed by atoms with Crippen molar-refractivity contribution in [2.45, 2.75) is 12.8 Å². The Balaban J connectivity index is 1.83. The van der Waals surface area contributed by atoms with Crippen molar-refractivity contribution < 1.29 is 23.1 Å². The largest absolute Gasteiger partial charge is 0.494 e. The molecule has 2 amide bonds. The number of hydrogen-bond acceptors (Lipinski definition) is 3. The van der Waals surface area contributed by atoms with E-state index in [1.54, 1.807) is 18.2 Å². The van der Waals surface area contributed by atoms with Gasteiger partial charge in [0.15, 0.2) is 0 Å². The Morgan fingerprint density at radius 1 is 1.27 bits per heavy atom. The third kappa shape index (κ3) is 3.66. The number of hydrogen-bond donors (Lipinski definition) is 2. The van der Waals surface area contributed by atoms with Gasteiger partial charge in [-0.15, -0.1) is 0 Å². The minimum atomic E-state index is -1.02. The van der Waals surface area contributed by atoms with Gasteiger partial charge in [0, 0.05) is 18.5 Å². The van der Waals surface area contributed by atoms with E-state index < -0.39 is 35.3 Å². The smallest absolute Gasteiger partial charge is 0.237 e. The molecular weight excluding hydrogens is 342 g/mol. The molecule has 0 unspecified atom stereocenters. The van der Waals surface area contributed by atoms with E-state index in [4.69, 9.17) is 4.74 Å². The molecule has 7 heteroatoms. The number of carbonyl (C=O) groups excluding carboxylic acids is 2. The molecule has 0 saturated carbocycles. The molecule has 1 aliphatic rings. The van der Waals surface area contributed by atoms with Crippen LogP contribution in [0.3, 0.4) is 0 Å². The molecule has 2 atom stereocenters. The highest BCUT2D eigenvalue weighted by atomic mass is 19.1. The molecule has 0 radical (unpaired) electrons. The van der Waals surface area contributed by atoms with Crippen LogP contribution in [-0.4, -0.2) is 25.0 Å². The highest BCUT2D eigenvalue weighted by Gasteiger charge is 2.41. The van der Waals surface area contributed by atoms with Crippen molar-refractivity contribution in [2.75, 3.05) is 18.5 Å². The lowest BCUT2D eigenvalue weighted by atomic mass is 9.87. The molecule has 1 aliphatic heterocycles. The first kappa shape index (κ1) is 17.8. The van der Waals surface area contributed by atoms with Gasteiger partial charge in [-0.05, 0) is 36.8 Å². The van der Waals surface area contributed by atoms with Crippen LogP contribution >= 0.6 is 0 Å². The molecule has 0 aliphatic carbocycles. The first-order chi connectivity index (χ1) is 12.5. The van der Waals surface area contributed by atoms with Gasteiger partial charge in [0.2, 0.25) is 11.8 Å². The number of halogens is 2. The van der Waals surface area contributed by atoms with Crippen LogP contribution in [0.15, 0.2) is 42.5 Å². The van der Waals surface area contributed by atoms with Crippen molar-refractivity contribution in [1.82, 2.24) is 5.32 Å². The maximum Gasteiger partial charge on any atom is 0.237 e. The highest BCUT2D eigenvalue weighted by molar-refractivity contribution is 6.08. The number of carbonyl (C=O) groups is 2. The third-order valence-electron chi connectivity index (χ3n) is 4.25. The molecule has 136 valence electrons. The molecule has 1 saturated heterocycles. The molecule has 2 N–H and O–H groups in total. The number of rotatable bonds is 5. The molecule has 0 aromatic heterocycles. The number of benzene rings is 2. The topological polar surface area (TPSA) is 67.4 Å². The summed E-state index contributed by atoms with van der Waals surface area (Å²) in [6.07, 6.45) is 0. The van der Waals surface area contributed by atoms with Crippen molar-refractivity contribution in [3.63, 3.8) is 0 Å². The van der Waals surface area contributed by atoms with Crippen molar-refractivity contribution in [2.24, 2.45) is 5.92 Å². The van der Waals surface area contributed by atoms with Crippen LogP contribution in [0.25, 0.3) is 0 Å². The predicted octanol–water partition coefficient (Wildman–Crippen LogP) is 2.83. The molecule has 2 aromatic carbocycles. The zero-order valence-electron chi connectivity index (χ0n) is 14.1. The lowest BCUT2D eigenvalue weighted by molar-refractivity contribution is -0.130. The number of nitrogens with one attached hydrogen (secondary N) is 2. The lowest BCUT2D eigenvalue weighted by Crippen LogP contribution is -2.32. The average Bonchev–Trinajstić information content (AvgIpc) is 3.00. The monoisotopic (exact) mass is 360 g/mol. The van der Waals surface area contributed by atoms with Crippen LogP contribution in [0.4, 0.5) is 14.5 Å². The summed E-state index contributed by atoms with van der Waals surface area (Å²) in [7, 11) is 0. The van der Waals surface area contributed by atoms with Gasteiger partial charge >= 0.3 is 0 Å². The van der Waals surface area contributed by atoms with E-state index in [0.29, 0.717) is 25.0 Å². The maximum atomic E-state index is 13.8. The zero-order valence-corrected chi connectivity index (χ0v) is 14.1. The van der Waals surface area contributed by atoms with E-state index in [1.165, 1.54) is 0 Å². The maximum absolute atomic E-state index is 13.8. The van der Waals surface area contributed by atoms with E-state index in [0.717, 1.165) is 17.7 Å². The van der Waals surface area contributed by atoms with Gasteiger partial charge in [-0.3, -0.25) is 9.59 Å². The predicted molar refractivity (Wildman–Crippen MR) is 91.8 cm³/mol. The van der Waals surface area contributed by atoms with Crippen molar-refractivity contribution in [1.29, 1.82) is 0 Å². The molecular formula is C19H18F2N2O3. The van der Waals surface area contributed by atoms with Gasteiger partial charge in [0.1, 0.15) is 23.3 Å². The molecule has 1 heterocycles. The Bertz CT molecular complexity index is 841. The minimum Gasteiger partial charge on any atom is -0.494 e. The molecule has 5 nitrogen and oxygen atoms in total. The summed E-state index contributed by atoms with van der Waals surface area (Å²) in [5.41, 5.74) is 0.604. The van der Waals surface area contributed by atoms with Crippen LogP contribution in [0.2, 0.25) is 0 Å². The average molecular weight is 360 g/mol. The summed E-state index contributed by atoms with van der Waals surface area (Å²) in [6.45, 7) is 2.65. The molecule has 0 bridgehead atoms. The van der Waals surface area contributed by atoms with Gasteiger partial charge in [-0.2, -0.15) is 0 Å². The number of ether oxygens (including phenoxy) is 1. The van der Waals surface area contributed by atoms with Crippen LogP contribution in [-0.2, 0) is 9.59 Å². The fourth-order valence-electron chi connectivity index (χ4n) is 3.04. The lowest BCUT2D eigenvalue weighted by Gasteiger charge is -2.18. The van der Waals surface area contributed by atoms with Crippen molar-refractivity contribution in [3.05, 3.63) is 59.7 Å². The summed E-state index contributed by atoms with van der Waals surface area (Å²) in [6, 6.07) is 10.0. The molecule has 2 aromatic rings. The standard InChI is InChI=1S/C19H18F2N2O3/c1-2-26-13-5-3-4-11(8-13)14-10-22-18(24)17(14)19(25)23-16-7-6-12(20)9-15(16)21/h3-9,14,17H,2,10H2,1H3,(H,22,24)(H,23,25)/t14-,17-/m1/s1. The fraction of sp³-hybridized carbons (Fsp3) is 0.263. The van der Waals surface area contributed by atoms with Crippen LogP contribution in [0.5, 0.6) is 5.75 Å². The van der Waals surface area contributed by atoms with Gasteiger partial charge < -0.3 is 15.4 Å². The summed E-state index contributed by atoms with van der Waals surface area (Å²) in [5, 5.41) is 5.04. The molecule has 1 fully saturated rings. The van der Waals surface area contributed by atoms with Crippen LogP contribution < -0.4 is 15.4 Å². The van der Waals surface area contributed by atoms with E-state index in [9.17, 15) is 18.4 Å². The fourth-order valence-corrected chi connectivity index (χ4v) is 3.04. The minimum absolute atomic E-state index is 0.169. The summed E-state index contributed by atoms with van der Waals surface area (Å²) < 4.78 is 32.2. The Morgan fingerprint density at radius 2 is 2.08 bits per heavy atom. The van der Waals surface area contributed by atoms with Crippen LogP contribution in [0, 0.1) is 17.6 Å². The summed E-state index contributed by atoms with van der Waals surface area (Å²) in [4.78, 5) is 24.8. The Kier molecular flexibility index (Phi) is 5.16. The second kappa shape index (κ2) is 7.51. The quantitative estimate of drug-likeness (QED) is 0.806. The highest BCUT2D eigenvalue weighted by Crippen LogP contribution is 2.32. The third-order valence-corrected chi connectivity index (χ3v) is 4.25. The summed E-state index contributed by atoms with van der Waals surface area (Å²) in [5.74, 6) is -3.50. The summed E-state index contributed by atoms with van der Waals surface area (Å²) >= 11 is 0. The van der Waals surface area contributed by atoms with Crippen molar-refractivity contribution in [3.8, 4) is 5.75 Å². The second-order valence-corrected chi connectivity index (χ2v) is 5.95. The second-order valence-electron chi connectivity index (χ2n) is 5.95. The van der Waals surface area contributed by atoms with Gasteiger partial charge in [-0.1, -0.05) is 12.1 Å². The molecule has 26 heavy (non-hydrogen) atoms. The van der Waals surface area contributed by atoms with E-state index in [1.807, 2.05) is 13.0 Å².